The Morgan fingerprint density at radius 1 is 1.03 bits per heavy atom. The minimum atomic E-state index is -0.104. The van der Waals surface area contributed by atoms with Gasteiger partial charge in [0.1, 0.15) is 5.82 Å². The van der Waals surface area contributed by atoms with E-state index in [4.69, 9.17) is 9.72 Å². The number of imidazole rings is 1. The number of nitrogens with zero attached hydrogens (tertiary/aromatic N) is 4. The number of amides is 2. The molecule has 1 saturated heterocycles. The van der Waals surface area contributed by atoms with Gasteiger partial charge in [0.15, 0.2) is 0 Å². The second kappa shape index (κ2) is 7.32. The van der Waals surface area contributed by atoms with E-state index >= 15 is 0 Å². The highest BCUT2D eigenvalue weighted by atomic mass is 16.5. The molecular formula is C24H34N4O3. The fourth-order valence-electron chi connectivity index (χ4n) is 7.67. The lowest BCUT2D eigenvalue weighted by molar-refractivity contribution is -0.161. The van der Waals surface area contributed by atoms with Gasteiger partial charge < -0.3 is 19.1 Å². The van der Waals surface area contributed by atoms with Crippen molar-refractivity contribution in [2.75, 3.05) is 32.8 Å². The summed E-state index contributed by atoms with van der Waals surface area (Å²) in [4.78, 5) is 35.3. The highest BCUT2D eigenvalue weighted by Crippen LogP contribution is 2.61. The van der Waals surface area contributed by atoms with Gasteiger partial charge in [-0.3, -0.25) is 9.59 Å². The summed E-state index contributed by atoms with van der Waals surface area (Å²) in [6, 6.07) is -0.0264. The summed E-state index contributed by atoms with van der Waals surface area (Å²) < 4.78 is 7.51. The number of hydrogen-bond donors (Lipinski definition) is 0. The molecular weight excluding hydrogens is 392 g/mol. The van der Waals surface area contributed by atoms with Gasteiger partial charge in [-0.1, -0.05) is 0 Å². The monoisotopic (exact) mass is 426 g/mol. The Kier molecular flexibility index (Phi) is 4.67. The van der Waals surface area contributed by atoms with Gasteiger partial charge in [0, 0.05) is 32.4 Å². The molecule has 1 aromatic heterocycles. The Morgan fingerprint density at radius 2 is 1.68 bits per heavy atom. The Bertz CT molecular complexity index is 852. The first-order chi connectivity index (χ1) is 15.0. The number of ether oxygens (including phenoxy) is 1. The Balaban J connectivity index is 1.18. The highest BCUT2D eigenvalue weighted by Gasteiger charge is 2.56. The van der Waals surface area contributed by atoms with Crippen molar-refractivity contribution in [3.8, 4) is 0 Å². The molecule has 3 heterocycles. The average molecular weight is 427 g/mol. The van der Waals surface area contributed by atoms with Gasteiger partial charge >= 0.3 is 0 Å². The lowest BCUT2D eigenvalue weighted by Crippen LogP contribution is -2.56. The summed E-state index contributed by atoms with van der Waals surface area (Å²) in [5.41, 5.74) is 0.717. The molecule has 0 radical (unpaired) electrons. The molecule has 0 aromatic carbocycles. The van der Waals surface area contributed by atoms with E-state index in [1.165, 1.54) is 19.3 Å². The molecule has 7 nitrogen and oxygen atoms in total. The van der Waals surface area contributed by atoms with Crippen LogP contribution in [0.1, 0.15) is 63.0 Å². The van der Waals surface area contributed by atoms with E-state index in [0.717, 1.165) is 61.6 Å². The van der Waals surface area contributed by atoms with Crippen LogP contribution in [-0.2, 0) is 27.3 Å². The molecule has 31 heavy (non-hydrogen) atoms. The topological polar surface area (TPSA) is 67.7 Å². The predicted molar refractivity (Wildman–Crippen MR) is 114 cm³/mol. The van der Waals surface area contributed by atoms with Crippen LogP contribution in [0.2, 0.25) is 0 Å². The standard InChI is InChI=1S/C24H34N4O3/c1-16-22-25-20(11-21(29)26-4-6-31-7-5-26)15-27(22)2-3-28(16)23(30)24-12-17-8-18(13-24)10-19(9-17)14-24/h15-19H,2-14H2,1H3/t16-,17?,18?,19?,24?/m0/s1. The van der Waals surface area contributed by atoms with Gasteiger partial charge in [-0.05, 0) is 63.2 Å². The normalized spacial score (nSPS) is 36.5. The molecule has 0 unspecified atom stereocenters. The van der Waals surface area contributed by atoms with Gasteiger partial charge in [-0.15, -0.1) is 0 Å². The summed E-state index contributed by atoms with van der Waals surface area (Å²) >= 11 is 0. The number of carbonyl (C=O) groups is 2. The Labute approximate surface area is 184 Å². The predicted octanol–water partition coefficient (Wildman–Crippen LogP) is 2.40. The van der Waals surface area contributed by atoms with Gasteiger partial charge in [-0.25, -0.2) is 4.98 Å². The largest absolute Gasteiger partial charge is 0.378 e. The molecule has 2 aliphatic heterocycles. The van der Waals surface area contributed by atoms with Gasteiger partial charge in [0.2, 0.25) is 11.8 Å². The van der Waals surface area contributed by atoms with E-state index in [1.54, 1.807) is 0 Å². The van der Waals surface area contributed by atoms with Crippen molar-refractivity contribution in [3.05, 3.63) is 17.7 Å². The maximum absolute atomic E-state index is 13.9. The lowest BCUT2D eigenvalue weighted by atomic mass is 9.49. The summed E-state index contributed by atoms with van der Waals surface area (Å²) in [6.07, 6.45) is 9.73. The first-order valence-corrected chi connectivity index (χ1v) is 12.2. The molecule has 6 aliphatic rings. The smallest absolute Gasteiger partial charge is 0.229 e. The molecule has 1 aromatic rings. The van der Waals surface area contributed by atoms with Gasteiger partial charge in [0.05, 0.1) is 36.8 Å². The second-order valence-corrected chi connectivity index (χ2v) is 10.8. The molecule has 2 amide bonds. The molecule has 4 bridgehead atoms. The number of morpholine rings is 1. The molecule has 0 N–H and O–H groups in total. The van der Waals surface area contributed by atoms with Gasteiger partial charge in [0.25, 0.3) is 0 Å². The van der Waals surface area contributed by atoms with Crippen LogP contribution < -0.4 is 0 Å². The first kappa shape index (κ1) is 19.8. The van der Waals surface area contributed by atoms with Crippen LogP contribution >= 0.6 is 0 Å². The van der Waals surface area contributed by atoms with Crippen LogP contribution in [0, 0.1) is 23.2 Å². The zero-order valence-corrected chi connectivity index (χ0v) is 18.6. The Morgan fingerprint density at radius 3 is 2.32 bits per heavy atom. The minimum Gasteiger partial charge on any atom is -0.378 e. The fourth-order valence-corrected chi connectivity index (χ4v) is 7.67. The summed E-state index contributed by atoms with van der Waals surface area (Å²) in [5.74, 6) is 3.77. The van der Waals surface area contributed by atoms with Crippen LogP contribution in [0.5, 0.6) is 0 Å². The summed E-state index contributed by atoms with van der Waals surface area (Å²) in [6.45, 7) is 6.20. The molecule has 7 heteroatoms. The van der Waals surface area contributed by atoms with Crippen LogP contribution in [0.15, 0.2) is 6.20 Å². The van der Waals surface area contributed by atoms with Crippen LogP contribution in [0.4, 0.5) is 0 Å². The van der Waals surface area contributed by atoms with Gasteiger partial charge in [-0.2, -0.15) is 0 Å². The number of rotatable bonds is 3. The number of aromatic nitrogens is 2. The van der Waals surface area contributed by atoms with Crippen LogP contribution in [-0.4, -0.2) is 64.0 Å². The quantitative estimate of drug-likeness (QED) is 0.744. The van der Waals surface area contributed by atoms with Crippen molar-refractivity contribution in [3.63, 3.8) is 0 Å². The minimum absolute atomic E-state index is 0.0264. The van der Waals surface area contributed by atoms with Crippen molar-refractivity contribution in [1.82, 2.24) is 19.4 Å². The maximum atomic E-state index is 13.9. The van der Waals surface area contributed by atoms with E-state index in [2.05, 4.69) is 16.4 Å². The van der Waals surface area contributed by atoms with Crippen LogP contribution in [0.25, 0.3) is 0 Å². The Hall–Kier alpha value is -1.89. The second-order valence-electron chi connectivity index (χ2n) is 10.8. The number of hydrogen-bond acceptors (Lipinski definition) is 4. The van der Waals surface area contributed by atoms with E-state index in [1.807, 2.05) is 11.1 Å². The average Bonchev–Trinajstić information content (AvgIpc) is 3.17. The third kappa shape index (κ3) is 3.31. The van der Waals surface area contributed by atoms with E-state index in [0.29, 0.717) is 38.6 Å². The lowest BCUT2D eigenvalue weighted by Gasteiger charge is -2.57. The van der Waals surface area contributed by atoms with Crippen LogP contribution in [0.3, 0.4) is 0 Å². The molecule has 5 fully saturated rings. The van der Waals surface area contributed by atoms with E-state index in [-0.39, 0.29) is 17.4 Å². The SMILES string of the molecule is C[C@H]1c2nc(CC(=O)N3CCOCC3)cn2CCN1C(=O)C12CC3CC(CC(C3)C1)C2. The number of fused-ring (bicyclic) bond motifs is 1. The third-order valence-electron chi connectivity index (χ3n) is 8.73. The molecule has 168 valence electrons. The molecule has 1 atom stereocenters. The molecule has 4 saturated carbocycles. The molecule has 0 spiro atoms. The summed E-state index contributed by atoms with van der Waals surface area (Å²) in [7, 11) is 0. The fraction of sp³-hybridized carbons (Fsp3) is 0.792. The van der Waals surface area contributed by atoms with E-state index in [9.17, 15) is 9.59 Å². The maximum Gasteiger partial charge on any atom is 0.229 e. The summed E-state index contributed by atoms with van der Waals surface area (Å²) in [5, 5.41) is 0. The number of carbonyl (C=O) groups excluding carboxylic acids is 2. The molecule has 7 rings (SSSR count). The van der Waals surface area contributed by atoms with Crippen molar-refractivity contribution in [1.29, 1.82) is 0 Å². The zero-order chi connectivity index (χ0) is 21.2. The van der Waals surface area contributed by atoms with E-state index < -0.39 is 0 Å². The first-order valence-electron chi connectivity index (χ1n) is 12.2. The van der Waals surface area contributed by atoms with Crippen molar-refractivity contribution in [2.45, 2.75) is 64.5 Å². The zero-order valence-electron chi connectivity index (χ0n) is 18.6. The molecule has 4 aliphatic carbocycles. The third-order valence-corrected chi connectivity index (χ3v) is 8.73. The van der Waals surface area contributed by atoms with Crippen molar-refractivity contribution < 1.29 is 14.3 Å². The highest BCUT2D eigenvalue weighted by molar-refractivity contribution is 5.84. The van der Waals surface area contributed by atoms with Crippen molar-refractivity contribution in [2.24, 2.45) is 23.2 Å². The van der Waals surface area contributed by atoms with Crippen molar-refractivity contribution >= 4 is 11.8 Å².